The van der Waals surface area contributed by atoms with Gasteiger partial charge in [0.2, 0.25) is 0 Å². The monoisotopic (exact) mass is 538 g/mol. The van der Waals surface area contributed by atoms with Crippen molar-refractivity contribution >= 4 is 49.3 Å². The number of amidine groups is 1. The van der Waals surface area contributed by atoms with Crippen molar-refractivity contribution in [1.29, 1.82) is 5.41 Å². The van der Waals surface area contributed by atoms with Crippen LogP contribution >= 0.6 is 0 Å². The van der Waals surface area contributed by atoms with Crippen molar-refractivity contribution < 1.29 is 13.3 Å². The Bertz CT molecular complexity index is 1530. The van der Waals surface area contributed by atoms with Crippen molar-refractivity contribution in [3.05, 3.63) is 64.4 Å². The van der Waals surface area contributed by atoms with E-state index in [1.165, 1.54) is 18.7 Å². The minimum atomic E-state index is -3.02. The zero-order valence-corrected chi connectivity index (χ0v) is 22.4. The number of hydrogen-bond donors (Lipinski definition) is 3. The summed E-state index contributed by atoms with van der Waals surface area (Å²) in [5.41, 5.74) is 2.10. The molecule has 0 amide bonds. The number of anilines is 3. The van der Waals surface area contributed by atoms with E-state index in [0.717, 1.165) is 22.0 Å². The first-order chi connectivity index (χ1) is 18.0. The minimum absolute atomic E-state index is 0.0263. The number of hydrogen-bond acceptors (Lipinski definition) is 11. The summed E-state index contributed by atoms with van der Waals surface area (Å²) in [4.78, 5) is 25.6. The second-order valence-electron chi connectivity index (χ2n) is 9.65. The van der Waals surface area contributed by atoms with Crippen LogP contribution in [0.15, 0.2) is 42.9 Å². The summed E-state index contributed by atoms with van der Waals surface area (Å²) < 4.78 is 23.3. The predicted molar refractivity (Wildman–Crippen MR) is 148 cm³/mol. The third-order valence-corrected chi connectivity index (χ3v) is 7.33. The highest BCUT2D eigenvalue weighted by Gasteiger charge is 2.31. The zero-order chi connectivity index (χ0) is 27.6. The number of nitro groups is 1. The minimum Gasteiger partial charge on any atom is -0.393 e. The number of sulfone groups is 1. The lowest BCUT2D eigenvalue weighted by atomic mass is 9.93. The lowest BCUT2D eigenvalue weighted by molar-refractivity contribution is -0.348. The Balaban J connectivity index is 1.65. The SMILES string of the molecule is CN/C=C(\C(=N)[N+](=O)[O-])c1nccc(Nc2cc3c(C(C)C)ccc(N4CC(CS(C)(=O)=O)C4)c3cn2)n1. The highest BCUT2D eigenvalue weighted by Crippen LogP contribution is 2.37. The van der Waals surface area contributed by atoms with E-state index in [4.69, 9.17) is 5.41 Å². The second-order valence-corrected chi connectivity index (χ2v) is 11.8. The first-order valence-electron chi connectivity index (χ1n) is 12.0. The van der Waals surface area contributed by atoms with Gasteiger partial charge in [-0.3, -0.25) is 0 Å². The molecule has 3 aromatic rings. The topological polar surface area (TPSA) is 167 Å². The Kier molecular flexibility index (Phi) is 7.58. The third-order valence-electron chi connectivity index (χ3n) is 6.25. The van der Waals surface area contributed by atoms with Crippen molar-refractivity contribution in [3.63, 3.8) is 0 Å². The molecule has 1 aromatic carbocycles. The molecule has 1 aliphatic heterocycles. The maximum Gasteiger partial charge on any atom is 0.368 e. The Morgan fingerprint density at radius 3 is 2.61 bits per heavy atom. The molecule has 0 unspecified atom stereocenters. The molecule has 13 heteroatoms. The highest BCUT2D eigenvalue weighted by molar-refractivity contribution is 7.90. The number of rotatable bonds is 9. The van der Waals surface area contributed by atoms with Crippen LogP contribution in [0.3, 0.4) is 0 Å². The van der Waals surface area contributed by atoms with Gasteiger partial charge in [-0.05, 0) is 40.0 Å². The van der Waals surface area contributed by atoms with Crippen LogP contribution in [0.5, 0.6) is 0 Å². The molecule has 0 atom stereocenters. The summed E-state index contributed by atoms with van der Waals surface area (Å²) in [5.74, 6) is 0.661. The third kappa shape index (κ3) is 5.88. The van der Waals surface area contributed by atoms with Crippen LogP contribution in [0.4, 0.5) is 17.3 Å². The normalized spacial score (nSPS) is 14.4. The lowest BCUT2D eigenvalue weighted by Gasteiger charge is -2.41. The number of nitrogens with zero attached hydrogens (tertiary/aromatic N) is 5. The van der Waals surface area contributed by atoms with Crippen molar-refractivity contribution in [2.75, 3.05) is 42.4 Å². The van der Waals surface area contributed by atoms with Crippen LogP contribution in [-0.4, -0.2) is 66.3 Å². The first-order valence-corrected chi connectivity index (χ1v) is 14.1. The zero-order valence-electron chi connectivity index (χ0n) is 21.6. The van der Waals surface area contributed by atoms with E-state index >= 15 is 0 Å². The van der Waals surface area contributed by atoms with Gasteiger partial charge in [0.15, 0.2) is 5.82 Å². The molecular weight excluding hydrogens is 508 g/mol. The fourth-order valence-electron chi connectivity index (χ4n) is 4.57. The number of pyridine rings is 1. The van der Waals surface area contributed by atoms with Gasteiger partial charge < -0.3 is 25.6 Å². The second kappa shape index (κ2) is 10.7. The van der Waals surface area contributed by atoms with Crippen LogP contribution in [-0.2, 0) is 9.84 Å². The molecule has 0 spiro atoms. The van der Waals surface area contributed by atoms with Crippen LogP contribution in [0.25, 0.3) is 16.3 Å². The molecular formula is C25H30N8O4S. The number of nitrogens with one attached hydrogen (secondary N) is 3. The molecule has 0 aliphatic carbocycles. The average molecular weight is 539 g/mol. The number of benzene rings is 1. The average Bonchev–Trinajstić information content (AvgIpc) is 2.83. The predicted octanol–water partition coefficient (Wildman–Crippen LogP) is 3.19. The molecule has 4 rings (SSSR count). The standard InChI is InChI=1S/C25H30N8O4S/c1-15(2)17-5-6-21(32-12-16(13-32)14-38(4,36)37)19-11-29-23(9-18(17)19)30-22-7-8-28-25(31-22)20(10-27-3)24(26)33(34)35/h5-11,15-16,26-27H,12-14H2,1-4H3,(H,28,29,30,31)/b20-10+,26-24?. The summed E-state index contributed by atoms with van der Waals surface area (Å²) >= 11 is 0. The van der Waals surface area contributed by atoms with Crippen molar-refractivity contribution in [1.82, 2.24) is 20.3 Å². The number of aromatic nitrogens is 3. The molecule has 1 aliphatic rings. The van der Waals surface area contributed by atoms with Gasteiger partial charge in [-0.2, -0.15) is 0 Å². The summed E-state index contributed by atoms with van der Waals surface area (Å²) in [6.07, 6.45) is 5.83. The van der Waals surface area contributed by atoms with Crippen molar-refractivity contribution in [2.24, 2.45) is 5.92 Å². The molecule has 2 aromatic heterocycles. The lowest BCUT2D eigenvalue weighted by Crippen LogP contribution is -2.49. The van der Waals surface area contributed by atoms with Gasteiger partial charge >= 0.3 is 5.84 Å². The van der Waals surface area contributed by atoms with Crippen molar-refractivity contribution in [3.8, 4) is 0 Å². The Morgan fingerprint density at radius 1 is 1.24 bits per heavy atom. The van der Waals surface area contributed by atoms with Gasteiger partial charge in [0.1, 0.15) is 27.0 Å². The van der Waals surface area contributed by atoms with E-state index in [2.05, 4.69) is 56.5 Å². The quantitative estimate of drug-likeness (QED) is 0.159. The highest BCUT2D eigenvalue weighted by atomic mass is 32.2. The van der Waals surface area contributed by atoms with E-state index in [9.17, 15) is 18.5 Å². The molecule has 200 valence electrons. The van der Waals surface area contributed by atoms with E-state index in [0.29, 0.717) is 24.7 Å². The summed E-state index contributed by atoms with van der Waals surface area (Å²) in [7, 11) is -1.45. The van der Waals surface area contributed by atoms with Crippen LogP contribution < -0.4 is 15.5 Å². The fraction of sp³-hybridized carbons (Fsp3) is 0.360. The van der Waals surface area contributed by atoms with Gasteiger partial charge in [0.25, 0.3) is 0 Å². The Labute approximate surface area is 220 Å². The maximum atomic E-state index is 11.7. The Hall–Kier alpha value is -4.13. The molecule has 1 fully saturated rings. The van der Waals surface area contributed by atoms with Crippen LogP contribution in [0.1, 0.15) is 31.2 Å². The number of fused-ring (bicyclic) bond motifs is 1. The largest absolute Gasteiger partial charge is 0.393 e. The maximum absolute atomic E-state index is 11.7. The van der Waals surface area contributed by atoms with Gasteiger partial charge in [0, 0.05) is 62.0 Å². The van der Waals surface area contributed by atoms with Crippen LogP contribution in [0.2, 0.25) is 0 Å². The van der Waals surface area contributed by atoms with E-state index in [1.807, 2.05) is 6.07 Å². The van der Waals surface area contributed by atoms with E-state index < -0.39 is 20.6 Å². The summed E-state index contributed by atoms with van der Waals surface area (Å²) in [6, 6.07) is 7.72. The van der Waals surface area contributed by atoms with E-state index in [1.54, 1.807) is 19.3 Å². The molecule has 0 saturated carbocycles. The first kappa shape index (κ1) is 26.9. The molecule has 1 saturated heterocycles. The molecule has 3 heterocycles. The van der Waals surface area contributed by atoms with Gasteiger partial charge in [-0.25, -0.2) is 23.4 Å². The fourth-order valence-corrected chi connectivity index (χ4v) is 5.63. The van der Waals surface area contributed by atoms with Gasteiger partial charge in [0.05, 0.1) is 5.75 Å². The molecule has 3 N–H and O–H groups in total. The van der Waals surface area contributed by atoms with Gasteiger partial charge in [-0.15, -0.1) is 0 Å². The summed E-state index contributed by atoms with van der Waals surface area (Å²) in [6.45, 7) is 5.58. The van der Waals surface area contributed by atoms with Gasteiger partial charge in [-0.1, -0.05) is 25.3 Å². The molecule has 38 heavy (non-hydrogen) atoms. The Morgan fingerprint density at radius 2 is 1.97 bits per heavy atom. The summed E-state index contributed by atoms with van der Waals surface area (Å²) in [5, 5.41) is 26.7. The molecule has 12 nitrogen and oxygen atoms in total. The molecule has 0 bridgehead atoms. The van der Waals surface area contributed by atoms with Crippen molar-refractivity contribution in [2.45, 2.75) is 19.8 Å². The smallest absolute Gasteiger partial charge is 0.368 e. The molecule has 0 radical (unpaired) electrons. The van der Waals surface area contributed by atoms with E-state index in [-0.39, 0.29) is 29.0 Å². The van der Waals surface area contributed by atoms with Crippen LogP contribution in [0, 0.1) is 21.4 Å².